The summed E-state index contributed by atoms with van der Waals surface area (Å²) in [6.45, 7) is 0.780. The number of sulfonamides is 1. The zero-order valence-electron chi connectivity index (χ0n) is 16.1. The van der Waals surface area contributed by atoms with E-state index in [1.165, 1.54) is 17.5 Å². The number of nitrogens with one attached hydrogen (secondary N) is 1. The third-order valence-corrected chi connectivity index (χ3v) is 6.96. The first-order valence-corrected chi connectivity index (χ1v) is 11.5. The van der Waals surface area contributed by atoms with E-state index in [1.807, 2.05) is 6.07 Å². The van der Waals surface area contributed by atoms with Crippen LogP contribution in [0.4, 0.5) is 5.69 Å². The molecule has 156 valence electrons. The van der Waals surface area contributed by atoms with E-state index in [1.54, 1.807) is 30.3 Å². The van der Waals surface area contributed by atoms with Crippen LogP contribution in [-0.4, -0.2) is 45.4 Å². The van der Waals surface area contributed by atoms with E-state index in [4.69, 9.17) is 9.47 Å². The van der Waals surface area contributed by atoms with Gasteiger partial charge in [-0.25, -0.2) is 8.42 Å². The maximum absolute atomic E-state index is 13.1. The standard InChI is InChI=1S/C20H23BrN2O5S/c1-27-18-9-8-16(13-19(18)29(25,26)23-10-3-2-4-11-23)22-20(24)14-28-17-7-5-6-15(21)12-17/h5-9,12-13H,2-4,10-11,14H2,1H3,(H,22,24). The molecule has 1 fully saturated rings. The maximum Gasteiger partial charge on any atom is 0.262 e. The quantitative estimate of drug-likeness (QED) is 0.650. The average Bonchev–Trinajstić information content (AvgIpc) is 2.73. The molecule has 1 aliphatic heterocycles. The highest BCUT2D eigenvalue weighted by Crippen LogP contribution is 2.31. The van der Waals surface area contributed by atoms with Gasteiger partial charge in [0.15, 0.2) is 6.61 Å². The van der Waals surface area contributed by atoms with Crippen LogP contribution in [0.3, 0.4) is 0 Å². The Morgan fingerprint density at radius 3 is 2.59 bits per heavy atom. The van der Waals surface area contributed by atoms with Gasteiger partial charge in [-0.1, -0.05) is 28.4 Å². The normalized spacial score (nSPS) is 15.0. The van der Waals surface area contributed by atoms with Crippen molar-refractivity contribution in [1.82, 2.24) is 4.31 Å². The van der Waals surface area contributed by atoms with E-state index >= 15 is 0 Å². The van der Waals surface area contributed by atoms with E-state index in [0.29, 0.717) is 24.5 Å². The van der Waals surface area contributed by atoms with Crippen LogP contribution in [0.5, 0.6) is 11.5 Å². The van der Waals surface area contributed by atoms with E-state index in [2.05, 4.69) is 21.2 Å². The highest BCUT2D eigenvalue weighted by molar-refractivity contribution is 9.10. The largest absolute Gasteiger partial charge is 0.495 e. The van der Waals surface area contributed by atoms with Crippen LogP contribution in [0.2, 0.25) is 0 Å². The van der Waals surface area contributed by atoms with Crippen LogP contribution in [0.15, 0.2) is 51.8 Å². The number of hydrogen-bond donors (Lipinski definition) is 1. The molecule has 0 saturated carbocycles. The number of anilines is 1. The number of nitrogens with zero attached hydrogens (tertiary/aromatic N) is 1. The minimum absolute atomic E-state index is 0.0487. The van der Waals surface area contributed by atoms with Gasteiger partial charge in [0.25, 0.3) is 5.91 Å². The Balaban J connectivity index is 1.73. The number of benzene rings is 2. The zero-order valence-corrected chi connectivity index (χ0v) is 18.5. The predicted molar refractivity (Wildman–Crippen MR) is 114 cm³/mol. The van der Waals surface area contributed by atoms with E-state index in [9.17, 15) is 13.2 Å². The van der Waals surface area contributed by atoms with Crippen molar-refractivity contribution in [2.75, 3.05) is 32.1 Å². The Morgan fingerprint density at radius 1 is 1.14 bits per heavy atom. The highest BCUT2D eigenvalue weighted by atomic mass is 79.9. The third-order valence-electron chi connectivity index (χ3n) is 4.55. The molecule has 0 unspecified atom stereocenters. The van der Waals surface area contributed by atoms with Gasteiger partial charge in [-0.15, -0.1) is 0 Å². The van der Waals surface area contributed by atoms with Gasteiger partial charge >= 0.3 is 0 Å². The minimum atomic E-state index is -3.70. The molecule has 29 heavy (non-hydrogen) atoms. The number of piperidine rings is 1. The SMILES string of the molecule is COc1ccc(NC(=O)COc2cccc(Br)c2)cc1S(=O)(=O)N1CCCCC1. The number of carbonyl (C=O) groups is 1. The molecule has 1 saturated heterocycles. The molecule has 7 nitrogen and oxygen atoms in total. The molecule has 3 rings (SSSR count). The summed E-state index contributed by atoms with van der Waals surface area (Å²) in [5.41, 5.74) is 0.365. The van der Waals surface area contributed by atoms with E-state index in [-0.39, 0.29) is 17.3 Å². The molecule has 0 aliphatic carbocycles. The average molecular weight is 483 g/mol. The Morgan fingerprint density at radius 2 is 1.90 bits per heavy atom. The predicted octanol–water partition coefficient (Wildman–Crippen LogP) is 3.65. The van der Waals surface area contributed by atoms with Crippen LogP contribution in [-0.2, 0) is 14.8 Å². The number of rotatable bonds is 7. The molecule has 1 heterocycles. The lowest BCUT2D eigenvalue weighted by atomic mass is 10.2. The number of hydrogen-bond acceptors (Lipinski definition) is 5. The summed E-state index contributed by atoms with van der Waals surface area (Å²) in [5.74, 6) is 0.410. The van der Waals surface area contributed by atoms with Gasteiger partial charge in [0.1, 0.15) is 16.4 Å². The van der Waals surface area contributed by atoms with Crippen molar-refractivity contribution in [2.45, 2.75) is 24.2 Å². The third kappa shape index (κ3) is 5.49. The number of amides is 1. The van der Waals surface area contributed by atoms with Gasteiger partial charge in [0, 0.05) is 23.2 Å². The summed E-state index contributed by atoms with van der Waals surface area (Å²) in [6, 6.07) is 11.7. The molecule has 0 aromatic heterocycles. The van der Waals surface area contributed by atoms with E-state index in [0.717, 1.165) is 23.7 Å². The van der Waals surface area contributed by atoms with Gasteiger partial charge < -0.3 is 14.8 Å². The summed E-state index contributed by atoms with van der Waals surface area (Å²) in [5, 5.41) is 2.68. The molecule has 9 heteroatoms. The number of methoxy groups -OCH3 is 1. The molecule has 1 N–H and O–H groups in total. The maximum atomic E-state index is 13.1. The summed E-state index contributed by atoms with van der Waals surface area (Å²) >= 11 is 3.34. The lowest BCUT2D eigenvalue weighted by Gasteiger charge is -2.26. The molecule has 1 amide bonds. The fourth-order valence-corrected chi connectivity index (χ4v) is 5.18. The number of carbonyl (C=O) groups excluding carboxylic acids is 1. The summed E-state index contributed by atoms with van der Waals surface area (Å²) in [7, 11) is -2.28. The Hall–Kier alpha value is -2.10. The Labute approximate surface area is 179 Å². The number of ether oxygens (including phenoxy) is 2. The van der Waals surface area contributed by atoms with Gasteiger partial charge in [-0.05, 0) is 49.2 Å². The van der Waals surface area contributed by atoms with Crippen LogP contribution >= 0.6 is 15.9 Å². The second kappa shape index (κ2) is 9.60. The minimum Gasteiger partial charge on any atom is -0.495 e. The van der Waals surface area contributed by atoms with Gasteiger partial charge in [0.2, 0.25) is 10.0 Å². The molecular formula is C20H23BrN2O5S. The first-order valence-electron chi connectivity index (χ1n) is 9.26. The lowest BCUT2D eigenvalue weighted by molar-refractivity contribution is -0.118. The smallest absolute Gasteiger partial charge is 0.262 e. The molecule has 2 aromatic rings. The van der Waals surface area contributed by atoms with Crippen LogP contribution < -0.4 is 14.8 Å². The molecule has 0 bridgehead atoms. The summed E-state index contributed by atoms with van der Waals surface area (Å²) < 4.78 is 39.1. The van der Waals surface area contributed by atoms with Gasteiger partial charge in [-0.2, -0.15) is 4.31 Å². The second-order valence-corrected chi connectivity index (χ2v) is 9.45. The Kier molecular flexibility index (Phi) is 7.15. The molecule has 2 aromatic carbocycles. The fourth-order valence-electron chi connectivity index (χ4n) is 3.10. The van der Waals surface area contributed by atoms with Gasteiger partial charge in [-0.3, -0.25) is 4.79 Å². The number of halogens is 1. The monoisotopic (exact) mass is 482 g/mol. The highest BCUT2D eigenvalue weighted by Gasteiger charge is 2.29. The van der Waals surface area contributed by atoms with Gasteiger partial charge in [0.05, 0.1) is 7.11 Å². The van der Waals surface area contributed by atoms with Crippen LogP contribution in [0.1, 0.15) is 19.3 Å². The van der Waals surface area contributed by atoms with Crippen LogP contribution in [0.25, 0.3) is 0 Å². The van der Waals surface area contributed by atoms with Crippen molar-refractivity contribution >= 4 is 37.5 Å². The molecule has 0 atom stereocenters. The van der Waals surface area contributed by atoms with Crippen molar-refractivity contribution in [1.29, 1.82) is 0 Å². The van der Waals surface area contributed by atoms with Crippen molar-refractivity contribution in [3.63, 3.8) is 0 Å². The fraction of sp³-hybridized carbons (Fsp3) is 0.350. The second-order valence-electron chi connectivity index (χ2n) is 6.62. The topological polar surface area (TPSA) is 84.9 Å². The molecule has 0 spiro atoms. The van der Waals surface area contributed by atoms with Crippen LogP contribution in [0, 0.1) is 0 Å². The van der Waals surface area contributed by atoms with E-state index < -0.39 is 15.9 Å². The lowest BCUT2D eigenvalue weighted by Crippen LogP contribution is -2.35. The first-order chi connectivity index (χ1) is 13.9. The summed E-state index contributed by atoms with van der Waals surface area (Å²) in [4.78, 5) is 12.3. The molecule has 1 aliphatic rings. The van der Waals surface area contributed by atoms with Crippen molar-refractivity contribution in [3.8, 4) is 11.5 Å². The molecule has 0 radical (unpaired) electrons. The van der Waals surface area contributed by atoms with Crippen molar-refractivity contribution < 1.29 is 22.7 Å². The zero-order chi connectivity index (χ0) is 20.9. The summed E-state index contributed by atoms with van der Waals surface area (Å²) in [6.07, 6.45) is 2.70. The Bertz CT molecular complexity index is 975. The van der Waals surface area contributed by atoms with Crippen molar-refractivity contribution in [3.05, 3.63) is 46.9 Å². The van der Waals surface area contributed by atoms with Crippen molar-refractivity contribution in [2.24, 2.45) is 0 Å². The molecular weight excluding hydrogens is 460 g/mol. The first kappa shape index (κ1) is 21.6.